The van der Waals surface area contributed by atoms with Crippen LogP contribution in [0.2, 0.25) is 10.0 Å². The predicted octanol–water partition coefficient (Wildman–Crippen LogP) is 5.36. The SMILES string of the molecule is O=C(O)c1cc(Br)cnc1Nc1ccc(Br)c(Cl)c1Cl. The molecule has 2 N–H and O–H groups in total. The van der Waals surface area contributed by atoms with Gasteiger partial charge in [-0.1, -0.05) is 23.2 Å². The van der Waals surface area contributed by atoms with Crippen LogP contribution in [0.25, 0.3) is 0 Å². The lowest BCUT2D eigenvalue weighted by Crippen LogP contribution is -2.05. The zero-order valence-corrected chi connectivity index (χ0v) is 14.3. The molecule has 0 aliphatic carbocycles. The van der Waals surface area contributed by atoms with Crippen LogP contribution in [0.3, 0.4) is 0 Å². The molecular weight excluding hydrogens is 435 g/mol. The quantitative estimate of drug-likeness (QED) is 0.631. The molecule has 0 bridgehead atoms. The minimum absolute atomic E-state index is 0.0227. The molecule has 0 aliphatic rings. The van der Waals surface area contributed by atoms with Gasteiger partial charge in [0.15, 0.2) is 0 Å². The number of nitrogens with one attached hydrogen (secondary N) is 1. The summed E-state index contributed by atoms with van der Waals surface area (Å²) in [4.78, 5) is 15.2. The highest BCUT2D eigenvalue weighted by Crippen LogP contribution is 2.37. The Hall–Kier alpha value is -0.820. The zero-order valence-electron chi connectivity index (χ0n) is 9.62. The Morgan fingerprint density at radius 2 is 1.95 bits per heavy atom. The molecular formula is C12H6Br2Cl2N2O2. The number of hydrogen-bond donors (Lipinski definition) is 2. The molecule has 1 heterocycles. The first kappa shape index (κ1) is 15.6. The van der Waals surface area contributed by atoms with Gasteiger partial charge in [-0.2, -0.15) is 0 Å². The third-order valence-corrected chi connectivity index (χ3v) is 4.58. The smallest absolute Gasteiger partial charge is 0.339 e. The van der Waals surface area contributed by atoms with Crippen molar-refractivity contribution >= 4 is 72.5 Å². The summed E-state index contributed by atoms with van der Waals surface area (Å²) in [5, 5.41) is 12.7. The normalized spacial score (nSPS) is 10.4. The Kier molecular flexibility index (Phi) is 4.90. The molecule has 0 spiro atoms. The molecule has 1 aromatic carbocycles. The van der Waals surface area contributed by atoms with Gasteiger partial charge < -0.3 is 10.4 Å². The first-order valence-corrected chi connectivity index (χ1v) is 7.53. The van der Waals surface area contributed by atoms with E-state index in [4.69, 9.17) is 28.3 Å². The number of nitrogens with zero attached hydrogens (tertiary/aromatic N) is 1. The summed E-state index contributed by atoms with van der Waals surface area (Å²) >= 11 is 18.5. The van der Waals surface area contributed by atoms with Crippen molar-refractivity contribution in [3.8, 4) is 0 Å². The van der Waals surface area contributed by atoms with E-state index >= 15 is 0 Å². The number of benzene rings is 1. The monoisotopic (exact) mass is 438 g/mol. The average molecular weight is 441 g/mol. The van der Waals surface area contributed by atoms with Gasteiger partial charge in [0, 0.05) is 15.1 Å². The molecule has 1 aromatic heterocycles. The number of halogens is 4. The molecule has 104 valence electrons. The van der Waals surface area contributed by atoms with Crippen molar-refractivity contribution in [2.45, 2.75) is 0 Å². The van der Waals surface area contributed by atoms with Crippen LogP contribution < -0.4 is 5.32 Å². The van der Waals surface area contributed by atoms with Crippen LogP contribution in [0.4, 0.5) is 11.5 Å². The van der Waals surface area contributed by atoms with Gasteiger partial charge in [-0.25, -0.2) is 9.78 Å². The summed E-state index contributed by atoms with van der Waals surface area (Å²) in [6.07, 6.45) is 1.49. The Balaban J connectivity index is 2.45. The third-order valence-electron chi connectivity index (χ3n) is 2.37. The molecule has 0 saturated carbocycles. The molecule has 0 aliphatic heterocycles. The molecule has 2 aromatic rings. The van der Waals surface area contributed by atoms with Crippen LogP contribution in [0.15, 0.2) is 33.3 Å². The highest BCUT2D eigenvalue weighted by atomic mass is 79.9. The molecule has 0 unspecified atom stereocenters. The standard InChI is InChI=1S/C12H6Br2Cl2N2O2/c13-5-3-6(12(19)20)11(17-4-5)18-8-2-1-7(14)9(15)10(8)16/h1-4H,(H,17,18)(H,19,20). The molecule has 20 heavy (non-hydrogen) atoms. The lowest BCUT2D eigenvalue weighted by atomic mass is 10.2. The van der Waals surface area contributed by atoms with E-state index in [9.17, 15) is 4.79 Å². The van der Waals surface area contributed by atoms with E-state index in [2.05, 4.69) is 42.2 Å². The van der Waals surface area contributed by atoms with Crippen molar-refractivity contribution in [3.63, 3.8) is 0 Å². The maximum atomic E-state index is 11.2. The van der Waals surface area contributed by atoms with Crippen LogP contribution in [0.5, 0.6) is 0 Å². The maximum absolute atomic E-state index is 11.2. The molecule has 0 fully saturated rings. The fourth-order valence-corrected chi connectivity index (χ4v) is 2.60. The van der Waals surface area contributed by atoms with E-state index in [-0.39, 0.29) is 16.4 Å². The summed E-state index contributed by atoms with van der Waals surface area (Å²) in [6, 6.07) is 4.83. The van der Waals surface area contributed by atoms with Crippen LogP contribution in [0, 0.1) is 0 Å². The van der Waals surface area contributed by atoms with Gasteiger partial charge in [0.2, 0.25) is 0 Å². The third kappa shape index (κ3) is 3.25. The number of carboxylic acid groups (broad SMARTS) is 1. The Morgan fingerprint density at radius 1 is 1.25 bits per heavy atom. The topological polar surface area (TPSA) is 62.2 Å². The molecule has 0 amide bonds. The number of anilines is 2. The van der Waals surface area contributed by atoms with Crippen molar-refractivity contribution in [1.29, 1.82) is 0 Å². The number of rotatable bonds is 3. The average Bonchev–Trinajstić information content (AvgIpc) is 2.41. The Morgan fingerprint density at radius 3 is 2.60 bits per heavy atom. The van der Waals surface area contributed by atoms with E-state index in [1.807, 2.05) is 0 Å². The molecule has 8 heteroatoms. The molecule has 2 rings (SSSR count). The van der Waals surface area contributed by atoms with E-state index in [0.717, 1.165) is 0 Å². The van der Waals surface area contributed by atoms with Gasteiger partial charge in [0.25, 0.3) is 0 Å². The van der Waals surface area contributed by atoms with Gasteiger partial charge in [-0.3, -0.25) is 0 Å². The van der Waals surface area contributed by atoms with Gasteiger partial charge in [-0.05, 0) is 50.1 Å². The van der Waals surface area contributed by atoms with E-state index in [1.165, 1.54) is 12.3 Å². The summed E-state index contributed by atoms with van der Waals surface area (Å²) < 4.78 is 1.22. The van der Waals surface area contributed by atoms with Gasteiger partial charge in [0.05, 0.1) is 15.7 Å². The lowest BCUT2D eigenvalue weighted by Gasteiger charge is -2.11. The Labute approximate surface area is 141 Å². The molecule has 0 atom stereocenters. The lowest BCUT2D eigenvalue weighted by molar-refractivity contribution is 0.0697. The molecule has 0 saturated heterocycles. The first-order chi connectivity index (χ1) is 9.40. The minimum Gasteiger partial charge on any atom is -0.478 e. The van der Waals surface area contributed by atoms with Gasteiger partial charge in [0.1, 0.15) is 11.4 Å². The van der Waals surface area contributed by atoms with E-state index in [0.29, 0.717) is 19.7 Å². The highest BCUT2D eigenvalue weighted by molar-refractivity contribution is 9.10. The number of aromatic nitrogens is 1. The summed E-state index contributed by atoms with van der Waals surface area (Å²) in [5.41, 5.74) is 0.492. The van der Waals surface area contributed by atoms with E-state index < -0.39 is 5.97 Å². The number of hydrogen-bond acceptors (Lipinski definition) is 3. The summed E-state index contributed by atoms with van der Waals surface area (Å²) in [6.45, 7) is 0. The van der Waals surface area contributed by atoms with Crippen molar-refractivity contribution < 1.29 is 9.90 Å². The van der Waals surface area contributed by atoms with Gasteiger partial charge >= 0.3 is 5.97 Å². The second-order valence-electron chi connectivity index (χ2n) is 3.70. The minimum atomic E-state index is -1.10. The Bertz CT molecular complexity index is 695. The number of aromatic carboxylic acids is 1. The molecule has 4 nitrogen and oxygen atoms in total. The van der Waals surface area contributed by atoms with Crippen molar-refractivity contribution in [1.82, 2.24) is 4.98 Å². The summed E-state index contributed by atoms with van der Waals surface area (Å²) in [7, 11) is 0. The predicted molar refractivity (Wildman–Crippen MR) is 86.3 cm³/mol. The second kappa shape index (κ2) is 6.30. The fraction of sp³-hybridized carbons (Fsp3) is 0. The van der Waals surface area contributed by atoms with Crippen molar-refractivity contribution in [2.24, 2.45) is 0 Å². The fourth-order valence-electron chi connectivity index (χ4n) is 1.45. The zero-order chi connectivity index (χ0) is 14.9. The second-order valence-corrected chi connectivity index (χ2v) is 6.23. The van der Waals surface area contributed by atoms with Crippen molar-refractivity contribution in [3.05, 3.63) is 49.0 Å². The highest BCUT2D eigenvalue weighted by Gasteiger charge is 2.15. The van der Waals surface area contributed by atoms with Crippen LogP contribution in [-0.2, 0) is 0 Å². The first-order valence-electron chi connectivity index (χ1n) is 5.19. The van der Waals surface area contributed by atoms with Gasteiger partial charge in [-0.15, -0.1) is 0 Å². The largest absolute Gasteiger partial charge is 0.478 e. The number of pyridine rings is 1. The molecule has 0 radical (unpaired) electrons. The van der Waals surface area contributed by atoms with Crippen LogP contribution in [0.1, 0.15) is 10.4 Å². The number of carbonyl (C=O) groups is 1. The van der Waals surface area contributed by atoms with Crippen LogP contribution in [-0.4, -0.2) is 16.1 Å². The summed E-state index contributed by atoms with van der Waals surface area (Å²) in [5.74, 6) is -0.915. The maximum Gasteiger partial charge on any atom is 0.339 e. The number of carboxylic acids is 1. The van der Waals surface area contributed by atoms with Crippen LogP contribution >= 0.6 is 55.1 Å². The van der Waals surface area contributed by atoms with E-state index in [1.54, 1.807) is 12.1 Å². The van der Waals surface area contributed by atoms with Crippen molar-refractivity contribution in [2.75, 3.05) is 5.32 Å².